The van der Waals surface area contributed by atoms with Gasteiger partial charge >= 0.3 is 0 Å². The molecule has 0 atom stereocenters. The Morgan fingerprint density at radius 1 is 1.35 bits per heavy atom. The number of ketones is 1. The van der Waals surface area contributed by atoms with Crippen molar-refractivity contribution in [3.05, 3.63) is 45.9 Å². The number of benzene rings is 1. The molecule has 0 saturated heterocycles. The summed E-state index contributed by atoms with van der Waals surface area (Å²) in [7, 11) is 1.56. The Labute approximate surface area is 122 Å². The van der Waals surface area contributed by atoms with Gasteiger partial charge in [-0.2, -0.15) is 0 Å². The minimum Gasteiger partial charge on any atom is -0.496 e. The highest BCUT2D eigenvalue weighted by Gasteiger charge is 2.11. The Morgan fingerprint density at radius 3 is 2.85 bits per heavy atom. The van der Waals surface area contributed by atoms with E-state index in [4.69, 9.17) is 9.47 Å². The summed E-state index contributed by atoms with van der Waals surface area (Å²) in [6.45, 7) is 2.56. The van der Waals surface area contributed by atoms with Gasteiger partial charge in [0.25, 0.3) is 0 Å². The van der Waals surface area contributed by atoms with Crippen molar-refractivity contribution < 1.29 is 14.3 Å². The molecule has 106 valence electrons. The quantitative estimate of drug-likeness (QED) is 0.581. The van der Waals surface area contributed by atoms with Gasteiger partial charge < -0.3 is 9.47 Å². The molecule has 0 N–H and O–H groups in total. The Morgan fingerprint density at radius 2 is 2.15 bits per heavy atom. The maximum absolute atomic E-state index is 12.0. The average molecular weight is 291 g/mol. The predicted octanol–water partition coefficient (Wildman–Crippen LogP) is 2.90. The van der Waals surface area contributed by atoms with Crippen LogP contribution in [-0.2, 0) is 11.2 Å². The van der Waals surface area contributed by atoms with Crippen LogP contribution in [0, 0.1) is 6.92 Å². The Bertz CT molecular complexity index is 580. The van der Waals surface area contributed by atoms with Gasteiger partial charge in [0.2, 0.25) is 0 Å². The molecule has 0 aliphatic heterocycles. The molecule has 0 saturated carbocycles. The van der Waals surface area contributed by atoms with Crippen LogP contribution in [0.15, 0.2) is 29.8 Å². The monoisotopic (exact) mass is 291 g/mol. The van der Waals surface area contributed by atoms with E-state index in [1.807, 2.05) is 24.6 Å². The molecule has 1 aromatic heterocycles. The normalized spacial score (nSPS) is 10.5. The fraction of sp³-hybridized carbons (Fsp3) is 0.333. The maximum atomic E-state index is 12.0. The molecule has 2 rings (SSSR count). The minimum atomic E-state index is -0.0662. The molecular weight excluding hydrogens is 274 g/mol. The summed E-state index contributed by atoms with van der Waals surface area (Å²) in [5.41, 5.74) is 3.42. The number of rotatable bonds is 7. The number of hydrogen-bond donors (Lipinski definition) is 0. The van der Waals surface area contributed by atoms with Gasteiger partial charge in [-0.1, -0.05) is 12.1 Å². The Balaban J connectivity index is 1.82. The van der Waals surface area contributed by atoms with Gasteiger partial charge in [-0.15, -0.1) is 11.3 Å². The van der Waals surface area contributed by atoms with Crippen LogP contribution >= 0.6 is 11.3 Å². The zero-order valence-corrected chi connectivity index (χ0v) is 12.4. The molecule has 0 aliphatic rings. The van der Waals surface area contributed by atoms with E-state index >= 15 is 0 Å². The molecule has 0 fully saturated rings. The minimum absolute atomic E-state index is 0.0662. The van der Waals surface area contributed by atoms with E-state index < -0.39 is 0 Å². The first-order valence-electron chi connectivity index (χ1n) is 6.35. The summed E-state index contributed by atoms with van der Waals surface area (Å²) in [4.78, 5) is 17.4. The van der Waals surface area contributed by atoms with Crippen molar-refractivity contribution in [1.82, 2.24) is 4.98 Å². The third kappa shape index (κ3) is 3.65. The largest absolute Gasteiger partial charge is 0.496 e. The van der Waals surface area contributed by atoms with E-state index in [1.165, 1.54) is 4.88 Å². The predicted molar refractivity (Wildman–Crippen MR) is 78.7 cm³/mol. The van der Waals surface area contributed by atoms with Gasteiger partial charge in [0.05, 0.1) is 30.5 Å². The lowest BCUT2D eigenvalue weighted by molar-refractivity contribution is 0.0763. The standard InChI is InChI=1S/C15H17NO3S/c1-11-15(20-10-16-11)7-8-19-9-13(17)12-5-3-4-6-14(12)18-2/h3-6,10H,7-9H2,1-2H3. The van der Waals surface area contributed by atoms with Crippen molar-refractivity contribution in [2.75, 3.05) is 20.3 Å². The molecule has 2 aromatic rings. The van der Waals surface area contributed by atoms with Crippen molar-refractivity contribution in [3.63, 3.8) is 0 Å². The Hall–Kier alpha value is -1.72. The van der Waals surface area contributed by atoms with Gasteiger partial charge in [0.1, 0.15) is 12.4 Å². The van der Waals surface area contributed by atoms with Crippen LogP contribution < -0.4 is 4.74 Å². The molecule has 0 bridgehead atoms. The SMILES string of the molecule is COc1ccccc1C(=O)COCCc1scnc1C. The second kappa shape index (κ2) is 7.17. The van der Waals surface area contributed by atoms with Crippen LogP contribution in [0.5, 0.6) is 5.75 Å². The number of carbonyl (C=O) groups excluding carboxylic acids is 1. The molecule has 1 aromatic carbocycles. The van der Waals surface area contributed by atoms with Crippen LogP contribution in [0.1, 0.15) is 20.9 Å². The van der Waals surface area contributed by atoms with Crippen LogP contribution in [0.3, 0.4) is 0 Å². The van der Waals surface area contributed by atoms with Crippen molar-refractivity contribution in [1.29, 1.82) is 0 Å². The number of para-hydroxylation sites is 1. The van der Waals surface area contributed by atoms with E-state index in [0.29, 0.717) is 17.9 Å². The number of carbonyl (C=O) groups is 1. The lowest BCUT2D eigenvalue weighted by Gasteiger charge is -2.07. The average Bonchev–Trinajstić information content (AvgIpc) is 2.88. The third-order valence-electron chi connectivity index (χ3n) is 2.96. The van der Waals surface area contributed by atoms with Gasteiger partial charge in [0.15, 0.2) is 5.78 Å². The first kappa shape index (κ1) is 14.7. The van der Waals surface area contributed by atoms with E-state index in [2.05, 4.69) is 4.98 Å². The zero-order chi connectivity index (χ0) is 14.4. The maximum Gasteiger partial charge on any atom is 0.192 e. The van der Waals surface area contributed by atoms with Gasteiger partial charge in [-0.05, 0) is 19.1 Å². The Kier molecular flexibility index (Phi) is 5.26. The topological polar surface area (TPSA) is 48.4 Å². The molecular formula is C15H17NO3S. The number of methoxy groups -OCH3 is 1. The lowest BCUT2D eigenvalue weighted by Crippen LogP contribution is -2.12. The highest BCUT2D eigenvalue weighted by molar-refractivity contribution is 7.09. The molecule has 5 heteroatoms. The molecule has 0 spiro atoms. The number of aromatic nitrogens is 1. The molecule has 0 amide bonds. The number of thiazole rings is 1. The molecule has 4 nitrogen and oxygen atoms in total. The first-order chi connectivity index (χ1) is 9.72. The summed E-state index contributed by atoms with van der Waals surface area (Å²) >= 11 is 1.61. The molecule has 1 heterocycles. The highest BCUT2D eigenvalue weighted by atomic mass is 32.1. The fourth-order valence-electron chi connectivity index (χ4n) is 1.85. The fourth-order valence-corrected chi connectivity index (χ4v) is 2.61. The van der Waals surface area contributed by atoms with E-state index in [1.54, 1.807) is 30.6 Å². The molecule has 0 aliphatic carbocycles. The van der Waals surface area contributed by atoms with Crippen molar-refractivity contribution in [2.45, 2.75) is 13.3 Å². The third-order valence-corrected chi connectivity index (χ3v) is 3.95. The first-order valence-corrected chi connectivity index (χ1v) is 7.23. The van der Waals surface area contributed by atoms with Crippen LogP contribution in [0.2, 0.25) is 0 Å². The summed E-state index contributed by atoms with van der Waals surface area (Å²) < 4.78 is 10.6. The summed E-state index contributed by atoms with van der Waals surface area (Å²) in [5.74, 6) is 0.517. The number of nitrogens with zero attached hydrogens (tertiary/aromatic N) is 1. The second-order valence-electron chi connectivity index (χ2n) is 4.29. The van der Waals surface area contributed by atoms with E-state index in [-0.39, 0.29) is 12.4 Å². The summed E-state index contributed by atoms with van der Waals surface area (Å²) in [6, 6.07) is 7.17. The summed E-state index contributed by atoms with van der Waals surface area (Å²) in [6.07, 6.45) is 0.787. The van der Waals surface area contributed by atoms with Gasteiger partial charge in [-0.3, -0.25) is 4.79 Å². The summed E-state index contributed by atoms with van der Waals surface area (Å²) in [5, 5.41) is 0. The van der Waals surface area contributed by atoms with Crippen molar-refractivity contribution >= 4 is 17.1 Å². The van der Waals surface area contributed by atoms with E-state index in [9.17, 15) is 4.79 Å². The van der Waals surface area contributed by atoms with Crippen molar-refractivity contribution in [2.24, 2.45) is 0 Å². The van der Waals surface area contributed by atoms with Crippen LogP contribution in [0.25, 0.3) is 0 Å². The number of hydrogen-bond acceptors (Lipinski definition) is 5. The molecule has 20 heavy (non-hydrogen) atoms. The highest BCUT2D eigenvalue weighted by Crippen LogP contribution is 2.18. The van der Waals surface area contributed by atoms with Crippen LogP contribution in [0.4, 0.5) is 0 Å². The smallest absolute Gasteiger partial charge is 0.192 e. The lowest BCUT2D eigenvalue weighted by atomic mass is 10.1. The number of ether oxygens (including phenoxy) is 2. The van der Waals surface area contributed by atoms with E-state index in [0.717, 1.165) is 12.1 Å². The van der Waals surface area contributed by atoms with Gasteiger partial charge in [0, 0.05) is 11.3 Å². The van der Waals surface area contributed by atoms with Crippen molar-refractivity contribution in [3.8, 4) is 5.75 Å². The number of aryl methyl sites for hydroxylation is 1. The zero-order valence-electron chi connectivity index (χ0n) is 11.6. The second-order valence-corrected chi connectivity index (χ2v) is 5.23. The number of Topliss-reactive ketones (excluding diaryl/α,β-unsaturated/α-hetero) is 1. The molecule has 0 radical (unpaired) electrons. The molecule has 0 unspecified atom stereocenters. The van der Waals surface area contributed by atoms with Crippen LogP contribution in [-0.4, -0.2) is 31.1 Å². The van der Waals surface area contributed by atoms with Gasteiger partial charge in [-0.25, -0.2) is 4.98 Å².